The number of benzene rings is 2. The molecule has 2 N–H and O–H groups in total. The van der Waals surface area contributed by atoms with Gasteiger partial charge in [-0.25, -0.2) is 12.8 Å². The molecule has 0 saturated heterocycles. The Balaban J connectivity index is 1.88. The van der Waals surface area contributed by atoms with Crippen LogP contribution in [0.25, 0.3) is 0 Å². The molecule has 166 valence electrons. The Labute approximate surface area is 181 Å². The maximum atomic E-state index is 14.2. The number of carbonyl (C=O) groups is 2. The van der Waals surface area contributed by atoms with Crippen LogP contribution in [0.1, 0.15) is 26.5 Å². The molecule has 3 rings (SSSR count). The first-order valence-corrected chi connectivity index (χ1v) is 10.8. The lowest BCUT2D eigenvalue weighted by Gasteiger charge is -2.10. The van der Waals surface area contributed by atoms with Gasteiger partial charge in [0.25, 0.3) is 17.5 Å². The van der Waals surface area contributed by atoms with Gasteiger partial charge in [-0.1, -0.05) is 0 Å². The molecule has 0 saturated carbocycles. The first-order valence-electron chi connectivity index (χ1n) is 8.91. The fourth-order valence-electron chi connectivity index (χ4n) is 2.75. The monoisotopic (exact) mass is 461 g/mol. The number of anilines is 2. The maximum absolute atomic E-state index is 14.2. The minimum atomic E-state index is -3.83. The third kappa shape index (κ3) is 4.98. The molecular weight excluding hydrogens is 445 g/mol. The summed E-state index contributed by atoms with van der Waals surface area (Å²) in [6.45, 7) is 1.56. The van der Waals surface area contributed by atoms with Gasteiger partial charge < -0.3 is 15.1 Å². The number of amides is 2. The maximum Gasteiger partial charge on any atom is 0.271 e. The average molecular weight is 461 g/mol. The lowest BCUT2D eigenvalue weighted by Crippen LogP contribution is -2.15. The van der Waals surface area contributed by atoms with E-state index in [1.54, 1.807) is 6.92 Å². The first kappa shape index (κ1) is 22.6. The number of non-ortho nitro benzene ring substituents is 1. The number of aryl methyl sites for hydroxylation is 1. The highest BCUT2D eigenvalue weighted by Crippen LogP contribution is 2.24. The quantitative estimate of drug-likeness (QED) is 0.421. The molecule has 0 radical (unpaired) electrons. The van der Waals surface area contributed by atoms with Crippen LogP contribution in [0, 0.1) is 22.9 Å². The number of carbonyl (C=O) groups excluding carboxylic acids is 2. The number of nitro benzene ring substituents is 1. The van der Waals surface area contributed by atoms with Gasteiger partial charge in [0.2, 0.25) is 0 Å². The third-order valence-electron chi connectivity index (χ3n) is 4.37. The highest BCUT2D eigenvalue weighted by atomic mass is 32.2. The van der Waals surface area contributed by atoms with E-state index in [0.717, 1.165) is 36.6 Å². The van der Waals surface area contributed by atoms with Gasteiger partial charge in [-0.05, 0) is 37.3 Å². The molecule has 0 fully saturated rings. The number of sulfone groups is 1. The molecule has 2 aromatic carbocycles. The molecule has 0 aliphatic carbocycles. The van der Waals surface area contributed by atoms with Gasteiger partial charge in [-0.2, -0.15) is 0 Å². The molecule has 32 heavy (non-hydrogen) atoms. The first-order chi connectivity index (χ1) is 15.0. The van der Waals surface area contributed by atoms with Crippen LogP contribution in [-0.2, 0) is 9.84 Å². The van der Waals surface area contributed by atoms with Crippen molar-refractivity contribution in [2.75, 3.05) is 16.9 Å². The van der Waals surface area contributed by atoms with E-state index in [-0.39, 0.29) is 22.5 Å². The summed E-state index contributed by atoms with van der Waals surface area (Å²) in [5.74, 6) is -1.94. The molecule has 0 atom stereocenters. The fraction of sp³-hybridized carbons (Fsp3) is 0.100. The smallest absolute Gasteiger partial charge is 0.271 e. The van der Waals surface area contributed by atoms with E-state index < -0.39 is 43.0 Å². The van der Waals surface area contributed by atoms with Gasteiger partial charge in [-0.15, -0.1) is 0 Å². The second kappa shape index (κ2) is 8.59. The molecule has 0 spiro atoms. The Bertz CT molecular complexity index is 1350. The summed E-state index contributed by atoms with van der Waals surface area (Å²) in [5, 5.41) is 15.9. The second-order valence-corrected chi connectivity index (χ2v) is 8.75. The zero-order valence-corrected chi connectivity index (χ0v) is 17.5. The molecule has 1 heterocycles. The third-order valence-corrected chi connectivity index (χ3v) is 5.46. The molecule has 12 heteroatoms. The van der Waals surface area contributed by atoms with Crippen molar-refractivity contribution in [2.45, 2.75) is 11.8 Å². The van der Waals surface area contributed by atoms with Gasteiger partial charge in [0, 0.05) is 29.6 Å². The lowest BCUT2D eigenvalue weighted by atomic mass is 10.1. The van der Waals surface area contributed by atoms with Gasteiger partial charge in [0.15, 0.2) is 9.84 Å². The summed E-state index contributed by atoms with van der Waals surface area (Å²) in [7, 11) is -3.83. The van der Waals surface area contributed by atoms with Crippen LogP contribution in [0.3, 0.4) is 0 Å². The van der Waals surface area contributed by atoms with Gasteiger partial charge >= 0.3 is 0 Å². The molecule has 10 nitrogen and oxygen atoms in total. The van der Waals surface area contributed by atoms with Crippen molar-refractivity contribution in [2.24, 2.45) is 0 Å². The SMILES string of the molecule is Cc1occc1C(=O)Nc1cc(NC(=O)c2cc([N+](=O)[O-])cc(S(C)(=O)=O)c2)ccc1F. The molecule has 0 unspecified atom stereocenters. The predicted octanol–water partition coefficient (Wildman–Crippen LogP) is 3.54. The molecule has 0 aliphatic heterocycles. The normalized spacial score (nSPS) is 11.1. The number of hydrogen-bond donors (Lipinski definition) is 2. The molecule has 3 aromatic rings. The van der Waals surface area contributed by atoms with Gasteiger partial charge in [-0.3, -0.25) is 19.7 Å². The van der Waals surface area contributed by atoms with Crippen molar-refractivity contribution in [1.82, 2.24) is 0 Å². The summed E-state index contributed by atoms with van der Waals surface area (Å²) in [6.07, 6.45) is 2.16. The largest absolute Gasteiger partial charge is 0.469 e. The van der Waals surface area contributed by atoms with Crippen LogP contribution in [0.15, 0.2) is 58.0 Å². The second-order valence-electron chi connectivity index (χ2n) is 6.74. The summed E-state index contributed by atoms with van der Waals surface area (Å²) >= 11 is 0. The van der Waals surface area contributed by atoms with Gasteiger partial charge in [0.1, 0.15) is 11.6 Å². The number of furan rings is 1. The fourth-order valence-corrected chi connectivity index (χ4v) is 3.42. The van der Waals surface area contributed by atoms with E-state index in [1.807, 2.05) is 0 Å². The molecular formula is C20H16FN3O7S. The van der Waals surface area contributed by atoms with Crippen LogP contribution in [0.4, 0.5) is 21.5 Å². The number of rotatable bonds is 6. The van der Waals surface area contributed by atoms with E-state index in [0.29, 0.717) is 5.76 Å². The van der Waals surface area contributed by atoms with E-state index in [4.69, 9.17) is 4.42 Å². The Hall–Kier alpha value is -4.06. The summed E-state index contributed by atoms with van der Waals surface area (Å²) in [4.78, 5) is 34.8. The molecule has 0 aliphatic rings. The average Bonchev–Trinajstić information content (AvgIpc) is 3.15. The van der Waals surface area contributed by atoms with Crippen LogP contribution in [0.5, 0.6) is 0 Å². The Morgan fingerprint density at radius 2 is 1.78 bits per heavy atom. The van der Waals surface area contributed by atoms with Crippen molar-refractivity contribution >= 4 is 38.7 Å². The summed E-state index contributed by atoms with van der Waals surface area (Å²) in [5.41, 5.74) is -0.847. The lowest BCUT2D eigenvalue weighted by molar-refractivity contribution is -0.385. The summed E-state index contributed by atoms with van der Waals surface area (Å²) < 4.78 is 42.8. The minimum Gasteiger partial charge on any atom is -0.469 e. The Morgan fingerprint density at radius 3 is 2.38 bits per heavy atom. The summed E-state index contributed by atoms with van der Waals surface area (Å²) in [6, 6.07) is 7.52. The zero-order valence-electron chi connectivity index (χ0n) is 16.7. The number of halogens is 1. The van der Waals surface area contributed by atoms with E-state index in [9.17, 15) is 32.5 Å². The predicted molar refractivity (Wildman–Crippen MR) is 112 cm³/mol. The number of nitrogens with zero attached hydrogens (tertiary/aromatic N) is 1. The highest BCUT2D eigenvalue weighted by molar-refractivity contribution is 7.90. The minimum absolute atomic E-state index is 0.0584. The Kier molecular flexibility index (Phi) is 6.07. The van der Waals surface area contributed by atoms with Crippen molar-refractivity contribution in [1.29, 1.82) is 0 Å². The standard InChI is InChI=1S/C20H16FN3O7S/c1-11-16(5-6-31-11)20(26)23-18-9-13(3-4-17(18)21)22-19(25)12-7-14(24(27)28)10-15(8-12)32(2,29)30/h3-10H,1-2H3,(H,22,25)(H,23,26). The molecule has 2 amide bonds. The zero-order chi connectivity index (χ0) is 23.6. The Morgan fingerprint density at radius 1 is 1.06 bits per heavy atom. The molecule has 1 aromatic heterocycles. The number of nitro groups is 1. The van der Waals surface area contributed by atoms with E-state index in [2.05, 4.69) is 10.6 Å². The van der Waals surface area contributed by atoms with Crippen molar-refractivity contribution < 1.29 is 31.7 Å². The van der Waals surface area contributed by atoms with Crippen LogP contribution in [0.2, 0.25) is 0 Å². The van der Waals surface area contributed by atoms with Crippen molar-refractivity contribution in [3.05, 3.63) is 81.5 Å². The molecule has 0 bridgehead atoms. The van der Waals surface area contributed by atoms with Gasteiger partial charge in [0.05, 0.1) is 27.3 Å². The van der Waals surface area contributed by atoms with Crippen molar-refractivity contribution in [3.63, 3.8) is 0 Å². The number of nitrogens with one attached hydrogen (secondary N) is 2. The number of hydrogen-bond acceptors (Lipinski definition) is 7. The topological polar surface area (TPSA) is 149 Å². The van der Waals surface area contributed by atoms with Crippen LogP contribution in [-0.4, -0.2) is 31.4 Å². The van der Waals surface area contributed by atoms with E-state index >= 15 is 0 Å². The van der Waals surface area contributed by atoms with Crippen LogP contribution < -0.4 is 10.6 Å². The van der Waals surface area contributed by atoms with Crippen molar-refractivity contribution in [3.8, 4) is 0 Å². The van der Waals surface area contributed by atoms with E-state index in [1.165, 1.54) is 18.4 Å². The highest BCUT2D eigenvalue weighted by Gasteiger charge is 2.20. The van der Waals surface area contributed by atoms with Crippen LogP contribution >= 0.6 is 0 Å².